The Morgan fingerprint density at radius 2 is 1.97 bits per heavy atom. The number of aromatic nitrogens is 4. The Bertz CT molecular complexity index is 1520. The van der Waals surface area contributed by atoms with Crippen molar-refractivity contribution in [2.24, 2.45) is 12.8 Å². The summed E-state index contributed by atoms with van der Waals surface area (Å²) in [6, 6.07) is 11.3. The minimum absolute atomic E-state index is 0.0170. The molecule has 9 nitrogen and oxygen atoms in total. The molecule has 0 fully saturated rings. The number of nitrogens with two attached hydrogens (primary N) is 1. The summed E-state index contributed by atoms with van der Waals surface area (Å²) in [6.07, 6.45) is 1.73. The first-order valence-corrected chi connectivity index (χ1v) is 11.8. The van der Waals surface area contributed by atoms with Crippen molar-refractivity contribution in [2.45, 2.75) is 18.4 Å². The number of hydrogen-bond donors (Lipinski definition) is 3. The number of para-hydroxylation sites is 1. The third-order valence-corrected chi connectivity index (χ3v) is 7.11. The lowest BCUT2D eigenvalue weighted by Gasteiger charge is -2.14. The quantitative estimate of drug-likeness (QED) is 0.439. The molecule has 2 aromatic heterocycles. The van der Waals surface area contributed by atoms with Crippen LogP contribution in [0.5, 0.6) is 0 Å². The number of fused-ring (bicyclic) bond motifs is 2. The molecule has 0 spiro atoms. The Morgan fingerprint density at radius 3 is 2.75 bits per heavy atom. The summed E-state index contributed by atoms with van der Waals surface area (Å²) in [7, 11) is -0.701. The van der Waals surface area contributed by atoms with Crippen molar-refractivity contribution in [3.63, 3.8) is 0 Å². The van der Waals surface area contributed by atoms with Crippen molar-refractivity contribution in [3.05, 3.63) is 65.2 Å². The van der Waals surface area contributed by atoms with Gasteiger partial charge in [0.15, 0.2) is 11.5 Å². The highest BCUT2D eigenvalue weighted by Crippen LogP contribution is 2.32. The molecule has 0 bridgehead atoms. The van der Waals surface area contributed by atoms with Crippen LogP contribution in [0.4, 0.5) is 11.5 Å². The van der Waals surface area contributed by atoms with Gasteiger partial charge in [-0.3, -0.25) is 9.57 Å². The van der Waals surface area contributed by atoms with E-state index in [4.69, 9.17) is 10.5 Å². The van der Waals surface area contributed by atoms with E-state index in [0.717, 1.165) is 27.7 Å². The normalized spacial score (nSPS) is 17.4. The van der Waals surface area contributed by atoms with Crippen molar-refractivity contribution in [1.82, 2.24) is 19.5 Å². The van der Waals surface area contributed by atoms with E-state index >= 15 is 0 Å². The summed E-state index contributed by atoms with van der Waals surface area (Å²) in [6.45, 7) is 1.82. The molecule has 4 N–H and O–H groups in total. The molecule has 32 heavy (non-hydrogen) atoms. The van der Waals surface area contributed by atoms with Gasteiger partial charge in [0.05, 0.1) is 50.0 Å². The van der Waals surface area contributed by atoms with Gasteiger partial charge in [-0.15, -0.1) is 0 Å². The smallest absolute Gasteiger partial charge is 0.271 e. The third-order valence-electron chi connectivity index (χ3n) is 5.56. The molecule has 5 rings (SSSR count). The molecule has 0 saturated carbocycles. The van der Waals surface area contributed by atoms with Crippen LogP contribution in [0.3, 0.4) is 0 Å². The van der Waals surface area contributed by atoms with Crippen LogP contribution in [0, 0.1) is 11.7 Å². The van der Waals surface area contributed by atoms with E-state index in [1.165, 1.54) is 0 Å². The number of imidazole rings is 1. The molecule has 3 heterocycles. The maximum atomic E-state index is 12.2. The molecule has 10 heteroatoms. The number of rotatable bonds is 4. The first-order valence-electron chi connectivity index (χ1n) is 9.94. The van der Waals surface area contributed by atoms with Gasteiger partial charge in [-0.1, -0.05) is 18.2 Å². The molecule has 0 radical (unpaired) electrons. The van der Waals surface area contributed by atoms with Crippen LogP contribution in [0.1, 0.15) is 27.3 Å². The zero-order chi connectivity index (χ0) is 22.6. The lowest BCUT2D eigenvalue weighted by molar-refractivity contribution is 0.0996. The SMILES string of the molecule is Cc1nc(Nc2ccc3c(c2)CS(=N)(=O)C3)c(C(N)=O)nc1-c1cccc2c1ncn2C. The van der Waals surface area contributed by atoms with Gasteiger partial charge in [-0.05, 0) is 36.2 Å². The molecular weight excluding hydrogens is 426 g/mol. The Morgan fingerprint density at radius 1 is 1.19 bits per heavy atom. The number of aryl methyl sites for hydroxylation is 2. The standard InChI is InChI=1S/C22H21N7O2S/c1-12-18(16-4-3-5-17-19(16)25-11-29(17)2)28-20(21(23)30)22(26-12)27-15-7-6-13-9-32(24,31)10-14(13)8-15/h3-8,11,24H,9-10H2,1-2H3,(H2,23,30)(H,26,27). The minimum Gasteiger partial charge on any atom is -0.364 e. The van der Waals surface area contributed by atoms with Crippen LogP contribution >= 0.6 is 0 Å². The van der Waals surface area contributed by atoms with Gasteiger partial charge in [-0.25, -0.2) is 19.2 Å². The van der Waals surface area contributed by atoms with Crippen LogP contribution in [0.15, 0.2) is 42.7 Å². The Kier molecular flexibility index (Phi) is 4.48. The number of nitrogens with zero attached hydrogens (tertiary/aromatic N) is 4. The lowest BCUT2D eigenvalue weighted by Crippen LogP contribution is -2.18. The number of carbonyl (C=O) groups is 1. The molecule has 1 aliphatic rings. The first kappa shape index (κ1) is 20.1. The monoisotopic (exact) mass is 447 g/mol. The van der Waals surface area contributed by atoms with Crippen molar-refractivity contribution in [3.8, 4) is 11.3 Å². The number of amides is 1. The maximum absolute atomic E-state index is 12.2. The summed E-state index contributed by atoms with van der Waals surface area (Å²) in [5.74, 6) is 0.0290. The topological polar surface area (TPSA) is 140 Å². The molecule has 0 aliphatic carbocycles. The molecule has 1 aliphatic heterocycles. The zero-order valence-corrected chi connectivity index (χ0v) is 18.4. The number of hydrogen-bond acceptors (Lipinski definition) is 7. The molecule has 162 valence electrons. The Balaban J connectivity index is 1.58. The molecule has 1 amide bonds. The fourth-order valence-corrected chi connectivity index (χ4v) is 5.71. The highest BCUT2D eigenvalue weighted by molar-refractivity contribution is 7.91. The van der Waals surface area contributed by atoms with E-state index in [1.54, 1.807) is 6.33 Å². The highest BCUT2D eigenvalue weighted by atomic mass is 32.2. The first-order chi connectivity index (χ1) is 15.2. The maximum Gasteiger partial charge on any atom is 0.271 e. The van der Waals surface area contributed by atoms with Crippen LogP contribution in [0.2, 0.25) is 0 Å². The van der Waals surface area contributed by atoms with Gasteiger partial charge < -0.3 is 15.6 Å². The number of nitrogens with one attached hydrogen (secondary N) is 2. The highest BCUT2D eigenvalue weighted by Gasteiger charge is 2.23. The number of anilines is 2. The Hall–Kier alpha value is -3.79. The predicted octanol–water partition coefficient (Wildman–Crippen LogP) is 3.24. The van der Waals surface area contributed by atoms with Gasteiger partial charge in [0.25, 0.3) is 5.91 Å². The molecule has 2 aromatic carbocycles. The molecule has 1 unspecified atom stereocenters. The molecular formula is C22H21N7O2S. The summed E-state index contributed by atoms with van der Waals surface area (Å²) in [5.41, 5.74) is 11.7. The molecule has 4 aromatic rings. The van der Waals surface area contributed by atoms with Crippen LogP contribution in [-0.4, -0.2) is 29.6 Å². The van der Waals surface area contributed by atoms with Gasteiger partial charge in [-0.2, -0.15) is 0 Å². The second-order valence-electron chi connectivity index (χ2n) is 7.96. The van der Waals surface area contributed by atoms with Gasteiger partial charge in [0, 0.05) is 18.3 Å². The number of carbonyl (C=O) groups excluding carboxylic acids is 1. The summed E-state index contributed by atoms with van der Waals surface area (Å²) in [5, 5.41) is 3.12. The van der Waals surface area contributed by atoms with E-state index in [0.29, 0.717) is 17.1 Å². The van der Waals surface area contributed by atoms with Gasteiger partial charge in [0.2, 0.25) is 0 Å². The van der Waals surface area contributed by atoms with Crippen molar-refractivity contribution in [1.29, 1.82) is 4.78 Å². The average molecular weight is 448 g/mol. The fourth-order valence-electron chi connectivity index (χ4n) is 4.05. The van der Waals surface area contributed by atoms with Crippen LogP contribution < -0.4 is 11.1 Å². The number of primary amides is 1. The van der Waals surface area contributed by atoms with E-state index in [2.05, 4.69) is 20.3 Å². The summed E-state index contributed by atoms with van der Waals surface area (Å²) >= 11 is 0. The second kappa shape index (κ2) is 7.13. The minimum atomic E-state index is -2.61. The largest absolute Gasteiger partial charge is 0.364 e. The predicted molar refractivity (Wildman–Crippen MR) is 123 cm³/mol. The van der Waals surface area contributed by atoms with Crippen molar-refractivity contribution < 1.29 is 9.00 Å². The van der Waals surface area contributed by atoms with Gasteiger partial charge >= 0.3 is 0 Å². The number of benzene rings is 2. The summed E-state index contributed by atoms with van der Waals surface area (Å²) in [4.78, 5) is 25.9. The average Bonchev–Trinajstić information content (AvgIpc) is 3.25. The fraction of sp³-hybridized carbons (Fsp3) is 0.182. The van der Waals surface area contributed by atoms with E-state index in [-0.39, 0.29) is 23.0 Å². The zero-order valence-electron chi connectivity index (χ0n) is 17.5. The second-order valence-corrected chi connectivity index (χ2v) is 10.2. The third kappa shape index (κ3) is 3.38. The van der Waals surface area contributed by atoms with Crippen LogP contribution in [-0.2, 0) is 28.3 Å². The van der Waals surface area contributed by atoms with Crippen molar-refractivity contribution in [2.75, 3.05) is 5.32 Å². The van der Waals surface area contributed by atoms with Crippen LogP contribution in [0.25, 0.3) is 22.3 Å². The van der Waals surface area contributed by atoms with Gasteiger partial charge in [0.1, 0.15) is 0 Å². The lowest BCUT2D eigenvalue weighted by atomic mass is 10.1. The van der Waals surface area contributed by atoms with E-state index in [1.807, 2.05) is 54.9 Å². The Labute approximate surface area is 184 Å². The van der Waals surface area contributed by atoms with E-state index < -0.39 is 15.6 Å². The van der Waals surface area contributed by atoms with E-state index in [9.17, 15) is 9.00 Å². The molecule has 1 atom stereocenters. The molecule has 0 saturated heterocycles. The summed E-state index contributed by atoms with van der Waals surface area (Å²) < 4.78 is 21.9. The van der Waals surface area contributed by atoms with Crippen molar-refractivity contribution >= 4 is 38.2 Å².